The van der Waals surface area contributed by atoms with Gasteiger partial charge in [0.15, 0.2) is 0 Å². The van der Waals surface area contributed by atoms with Crippen LogP contribution in [0, 0.1) is 6.92 Å². The molecule has 0 aliphatic carbocycles. The van der Waals surface area contributed by atoms with Crippen molar-refractivity contribution < 1.29 is 24.5 Å². The van der Waals surface area contributed by atoms with Gasteiger partial charge in [0.2, 0.25) is 0 Å². The van der Waals surface area contributed by atoms with E-state index in [1.807, 2.05) is 25.1 Å². The Labute approximate surface area is 240 Å². The lowest BCUT2D eigenvalue weighted by Gasteiger charge is -2.17. The van der Waals surface area contributed by atoms with Gasteiger partial charge < -0.3 is 29.6 Å². The van der Waals surface area contributed by atoms with Gasteiger partial charge in [0.1, 0.15) is 29.4 Å². The summed E-state index contributed by atoms with van der Waals surface area (Å²) in [6.45, 7) is 2.45. The number of halogens is 1. The monoisotopic (exact) mass is 570 g/mol. The molecule has 1 unspecified atom stereocenters. The second-order valence-electron chi connectivity index (χ2n) is 9.95. The van der Waals surface area contributed by atoms with Crippen molar-refractivity contribution in [1.29, 1.82) is 0 Å². The minimum atomic E-state index is -0.308. The molecule has 3 heterocycles. The molecule has 0 fully saturated rings. The van der Waals surface area contributed by atoms with Gasteiger partial charge in [-0.15, -0.1) is 11.6 Å². The number of hydrogen-bond acceptors (Lipinski definition) is 6. The molecule has 0 radical (unpaired) electrons. The van der Waals surface area contributed by atoms with Crippen LogP contribution in [0.4, 0.5) is 11.4 Å². The van der Waals surface area contributed by atoms with E-state index in [1.54, 1.807) is 64.2 Å². The van der Waals surface area contributed by atoms with Crippen molar-refractivity contribution in [3.63, 3.8) is 0 Å². The van der Waals surface area contributed by atoms with Crippen LogP contribution < -0.4 is 15.0 Å². The summed E-state index contributed by atoms with van der Waals surface area (Å²) in [5, 5.41) is 24.2. The highest BCUT2D eigenvalue weighted by Gasteiger charge is 2.36. The van der Waals surface area contributed by atoms with Crippen LogP contribution in [0.5, 0.6) is 11.5 Å². The number of phenolic OH excluding ortho intramolecular Hbond substituents is 1. The number of phenols is 1. The van der Waals surface area contributed by atoms with E-state index in [9.17, 15) is 14.7 Å². The molecule has 2 aromatic heterocycles. The molecule has 0 bridgehead atoms. The van der Waals surface area contributed by atoms with Crippen LogP contribution in [0.15, 0.2) is 73.1 Å². The smallest absolute Gasteiger partial charge is 0.278 e. The molecule has 2 amide bonds. The van der Waals surface area contributed by atoms with E-state index >= 15 is 0 Å². The number of pyridine rings is 1. The largest absolute Gasteiger partial charge is 0.507 e. The Morgan fingerprint density at radius 1 is 1.12 bits per heavy atom. The molecule has 41 heavy (non-hydrogen) atoms. The summed E-state index contributed by atoms with van der Waals surface area (Å²) in [5.41, 5.74) is 4.35. The molecule has 9 nitrogen and oxygen atoms in total. The number of fused-ring (bicyclic) bond motifs is 4. The lowest BCUT2D eigenvalue weighted by Crippen LogP contribution is -2.30. The molecular formula is C31H27ClN4O5. The maximum absolute atomic E-state index is 13.7. The SMILES string of the molecule is Cc1cccc2c(O)cc3c(c12)C(CCl)CN3C(=O)c1cn2cc(NC(=O)c3ccc(OCCO)cc3)ccc2n1. The third kappa shape index (κ3) is 4.83. The van der Waals surface area contributed by atoms with Crippen LogP contribution in [-0.2, 0) is 0 Å². The molecule has 0 spiro atoms. The number of aromatic nitrogens is 2. The second kappa shape index (κ2) is 10.8. The zero-order valence-corrected chi connectivity index (χ0v) is 22.9. The summed E-state index contributed by atoms with van der Waals surface area (Å²) < 4.78 is 7.02. The van der Waals surface area contributed by atoms with Crippen molar-refractivity contribution in [3.8, 4) is 11.5 Å². The zero-order chi connectivity index (χ0) is 28.7. The summed E-state index contributed by atoms with van der Waals surface area (Å²) in [4.78, 5) is 32.7. The fourth-order valence-corrected chi connectivity index (χ4v) is 5.64. The predicted octanol–water partition coefficient (Wildman–Crippen LogP) is 5.11. The number of nitrogens with zero attached hydrogens (tertiary/aromatic N) is 3. The molecule has 1 aliphatic heterocycles. The maximum atomic E-state index is 13.7. The number of ether oxygens (including phenoxy) is 1. The first kappa shape index (κ1) is 26.6. The Morgan fingerprint density at radius 2 is 1.93 bits per heavy atom. The normalized spacial score (nSPS) is 14.4. The average molecular weight is 571 g/mol. The molecule has 3 N–H and O–H groups in total. The number of anilines is 2. The number of hydrogen-bond donors (Lipinski definition) is 3. The molecule has 1 aliphatic rings. The van der Waals surface area contributed by atoms with Gasteiger partial charge in [0.05, 0.1) is 18.0 Å². The van der Waals surface area contributed by atoms with Crippen LogP contribution >= 0.6 is 11.6 Å². The van der Waals surface area contributed by atoms with E-state index < -0.39 is 0 Å². The van der Waals surface area contributed by atoms with Crippen molar-refractivity contribution >= 4 is 51.2 Å². The lowest BCUT2D eigenvalue weighted by molar-refractivity contribution is 0.0982. The standard InChI is InChI=1S/C31H27ClN4O5/c1-18-3-2-4-23-26(38)13-25-29(28(18)23)20(14-32)15-36(25)31(40)24-17-35-16-21(7-10-27(35)34-24)33-30(39)19-5-8-22(9-6-19)41-12-11-37/h2-10,13,16-17,20,37-38H,11-12,14-15H2,1H3,(H,33,39). The fraction of sp³-hybridized carbons (Fsp3) is 0.194. The van der Waals surface area contributed by atoms with E-state index in [2.05, 4.69) is 10.3 Å². The fourth-order valence-electron chi connectivity index (χ4n) is 5.39. The molecule has 0 saturated carbocycles. The molecule has 5 aromatic rings. The number of aromatic hydroxyl groups is 1. The van der Waals surface area contributed by atoms with Gasteiger partial charge in [-0.3, -0.25) is 9.59 Å². The number of imidazole rings is 1. The molecular weight excluding hydrogens is 544 g/mol. The molecule has 0 saturated heterocycles. The number of carbonyl (C=O) groups excluding carboxylic acids is 2. The molecule has 1 atom stereocenters. The highest BCUT2D eigenvalue weighted by molar-refractivity contribution is 6.19. The Hall–Kier alpha value is -4.60. The van der Waals surface area contributed by atoms with E-state index in [0.717, 1.165) is 21.9 Å². The second-order valence-corrected chi connectivity index (χ2v) is 10.3. The lowest BCUT2D eigenvalue weighted by atomic mass is 9.92. The molecule has 208 valence electrons. The van der Waals surface area contributed by atoms with Crippen LogP contribution in [-0.4, -0.2) is 57.1 Å². The summed E-state index contributed by atoms with van der Waals surface area (Å²) >= 11 is 6.37. The zero-order valence-electron chi connectivity index (χ0n) is 22.2. The Morgan fingerprint density at radius 3 is 2.68 bits per heavy atom. The van der Waals surface area contributed by atoms with Gasteiger partial charge >= 0.3 is 0 Å². The van der Waals surface area contributed by atoms with Crippen molar-refractivity contribution in [2.75, 3.05) is 35.9 Å². The van der Waals surface area contributed by atoms with Gasteiger partial charge in [0.25, 0.3) is 11.8 Å². The van der Waals surface area contributed by atoms with Crippen molar-refractivity contribution in [2.45, 2.75) is 12.8 Å². The van der Waals surface area contributed by atoms with Crippen LogP contribution in [0.2, 0.25) is 0 Å². The van der Waals surface area contributed by atoms with E-state index in [4.69, 9.17) is 21.4 Å². The number of rotatable bonds is 7. The third-order valence-corrected chi connectivity index (χ3v) is 7.68. The van der Waals surface area contributed by atoms with Crippen LogP contribution in [0.3, 0.4) is 0 Å². The summed E-state index contributed by atoms with van der Waals surface area (Å²) in [5.74, 6) is 0.301. The first-order valence-electron chi connectivity index (χ1n) is 13.1. The van der Waals surface area contributed by atoms with Gasteiger partial charge in [0, 0.05) is 47.8 Å². The number of aliphatic hydroxyl groups is 1. The Balaban J connectivity index is 1.26. The van der Waals surface area contributed by atoms with Crippen molar-refractivity contribution in [2.24, 2.45) is 0 Å². The van der Waals surface area contributed by atoms with Crippen LogP contribution in [0.1, 0.15) is 37.9 Å². The quantitative estimate of drug-likeness (QED) is 0.234. The number of benzene rings is 3. The van der Waals surface area contributed by atoms with E-state index in [0.29, 0.717) is 40.8 Å². The highest BCUT2D eigenvalue weighted by Crippen LogP contribution is 2.46. The minimum absolute atomic E-state index is 0.0889. The minimum Gasteiger partial charge on any atom is -0.507 e. The van der Waals surface area contributed by atoms with Gasteiger partial charge in [-0.2, -0.15) is 0 Å². The number of amides is 2. The van der Waals surface area contributed by atoms with E-state index in [-0.39, 0.29) is 42.4 Å². The summed E-state index contributed by atoms with van der Waals surface area (Å²) in [6, 6.07) is 17.4. The first-order valence-corrected chi connectivity index (χ1v) is 13.7. The first-order chi connectivity index (χ1) is 19.9. The molecule has 3 aromatic carbocycles. The number of aryl methyl sites for hydroxylation is 1. The number of alkyl halides is 1. The predicted molar refractivity (Wildman–Crippen MR) is 158 cm³/mol. The van der Waals surface area contributed by atoms with Gasteiger partial charge in [-0.25, -0.2) is 4.98 Å². The van der Waals surface area contributed by atoms with Gasteiger partial charge in [-0.05, 0) is 59.8 Å². The maximum Gasteiger partial charge on any atom is 0.278 e. The number of aliphatic hydroxyl groups excluding tert-OH is 1. The molecule has 10 heteroatoms. The third-order valence-electron chi connectivity index (χ3n) is 7.31. The van der Waals surface area contributed by atoms with Crippen molar-refractivity contribution in [1.82, 2.24) is 9.38 Å². The summed E-state index contributed by atoms with van der Waals surface area (Å²) in [6.07, 6.45) is 3.32. The average Bonchev–Trinajstić information content (AvgIpc) is 3.57. The van der Waals surface area contributed by atoms with E-state index in [1.165, 1.54) is 0 Å². The highest BCUT2D eigenvalue weighted by atomic mass is 35.5. The molecule has 6 rings (SSSR count). The summed E-state index contributed by atoms with van der Waals surface area (Å²) in [7, 11) is 0. The number of nitrogens with one attached hydrogen (secondary N) is 1. The Bertz CT molecular complexity index is 1800. The topological polar surface area (TPSA) is 116 Å². The van der Waals surface area contributed by atoms with Crippen molar-refractivity contribution in [3.05, 3.63) is 95.4 Å². The number of carbonyl (C=O) groups is 2. The Kier molecular flexibility index (Phi) is 6.98. The van der Waals surface area contributed by atoms with Gasteiger partial charge in [-0.1, -0.05) is 18.2 Å². The van der Waals surface area contributed by atoms with Crippen LogP contribution in [0.25, 0.3) is 16.4 Å².